The van der Waals surface area contributed by atoms with Crippen LogP contribution >= 0.6 is 0 Å². The van der Waals surface area contributed by atoms with Crippen LogP contribution in [0.2, 0.25) is 0 Å². The van der Waals surface area contributed by atoms with Crippen molar-refractivity contribution in [2.24, 2.45) is 0 Å². The van der Waals surface area contributed by atoms with E-state index in [-0.39, 0.29) is 11.3 Å². The second-order valence-electron chi connectivity index (χ2n) is 7.42. The molecule has 0 bridgehead atoms. The Morgan fingerprint density at radius 2 is 1.74 bits per heavy atom. The van der Waals surface area contributed by atoms with Gasteiger partial charge in [0.05, 0.1) is 13.7 Å². The van der Waals surface area contributed by atoms with Gasteiger partial charge in [-0.15, -0.1) is 0 Å². The summed E-state index contributed by atoms with van der Waals surface area (Å²) in [6.45, 7) is 6.74. The van der Waals surface area contributed by atoms with Gasteiger partial charge in [-0.1, -0.05) is 38.1 Å². The minimum atomic E-state index is -0.135. The highest BCUT2D eigenvalue weighted by atomic mass is 16.5. The maximum Gasteiger partial charge on any atom is 0.251 e. The van der Waals surface area contributed by atoms with Gasteiger partial charge in [0, 0.05) is 17.2 Å². The van der Waals surface area contributed by atoms with Gasteiger partial charge in [-0.25, -0.2) is 0 Å². The summed E-state index contributed by atoms with van der Waals surface area (Å²) in [5.41, 5.74) is 3.45. The lowest BCUT2D eigenvalue weighted by Crippen LogP contribution is -2.23. The maximum atomic E-state index is 12.3. The molecule has 0 aliphatic rings. The molecule has 0 aliphatic heterocycles. The minimum absolute atomic E-state index is 0.0631. The number of amides is 1. The van der Waals surface area contributed by atoms with E-state index in [4.69, 9.17) is 9.26 Å². The summed E-state index contributed by atoms with van der Waals surface area (Å²) in [6, 6.07) is 17.0. The molecule has 0 aliphatic carbocycles. The molecule has 1 heterocycles. The first-order valence-corrected chi connectivity index (χ1v) is 8.85. The maximum absolute atomic E-state index is 12.3. The van der Waals surface area contributed by atoms with E-state index in [0.29, 0.717) is 23.6 Å². The van der Waals surface area contributed by atoms with E-state index in [2.05, 4.69) is 31.2 Å². The second-order valence-corrected chi connectivity index (χ2v) is 7.42. The van der Waals surface area contributed by atoms with Crippen molar-refractivity contribution in [1.29, 1.82) is 0 Å². The Bertz CT molecular complexity index is 904. The number of aromatic nitrogens is 1. The molecule has 1 N–H and O–H groups in total. The number of ether oxygens (including phenoxy) is 1. The number of hydrogen-bond donors (Lipinski definition) is 1. The van der Waals surface area contributed by atoms with Gasteiger partial charge < -0.3 is 14.6 Å². The van der Waals surface area contributed by atoms with Crippen molar-refractivity contribution < 1.29 is 14.1 Å². The van der Waals surface area contributed by atoms with Gasteiger partial charge in [0.2, 0.25) is 0 Å². The molecule has 0 saturated carbocycles. The van der Waals surface area contributed by atoms with E-state index in [0.717, 1.165) is 11.3 Å². The van der Waals surface area contributed by atoms with Crippen molar-refractivity contribution in [3.63, 3.8) is 0 Å². The highest BCUT2D eigenvalue weighted by Crippen LogP contribution is 2.24. The topological polar surface area (TPSA) is 64.4 Å². The van der Waals surface area contributed by atoms with Crippen LogP contribution in [-0.4, -0.2) is 18.2 Å². The highest BCUT2D eigenvalue weighted by Gasteiger charge is 2.14. The summed E-state index contributed by atoms with van der Waals surface area (Å²) in [5, 5.41) is 6.90. The van der Waals surface area contributed by atoms with Crippen LogP contribution in [-0.2, 0) is 12.0 Å². The highest BCUT2D eigenvalue weighted by molar-refractivity contribution is 5.94. The number of nitrogens with one attached hydrogen (secondary N) is 1. The van der Waals surface area contributed by atoms with Crippen molar-refractivity contribution in [1.82, 2.24) is 10.5 Å². The van der Waals surface area contributed by atoms with Crippen LogP contribution in [0.25, 0.3) is 11.3 Å². The average Bonchev–Trinajstić information content (AvgIpc) is 3.14. The van der Waals surface area contributed by atoms with Gasteiger partial charge in [-0.2, -0.15) is 0 Å². The molecule has 2 aromatic carbocycles. The Balaban J connectivity index is 1.61. The number of rotatable bonds is 5. The molecule has 140 valence electrons. The standard InChI is InChI=1S/C22H24N2O3/c1-22(2,3)17-9-5-16(6-10-17)21(25)23-14-18-13-20(27-24-18)15-7-11-19(26-4)12-8-15/h5-13H,14H2,1-4H3,(H,23,25). The zero-order valence-electron chi connectivity index (χ0n) is 16.1. The first-order valence-electron chi connectivity index (χ1n) is 8.85. The number of nitrogens with zero attached hydrogens (tertiary/aromatic N) is 1. The molecule has 3 rings (SSSR count). The Morgan fingerprint density at radius 3 is 2.33 bits per heavy atom. The van der Waals surface area contributed by atoms with E-state index in [1.165, 1.54) is 5.56 Å². The van der Waals surface area contributed by atoms with Crippen LogP contribution in [0.4, 0.5) is 0 Å². The number of carbonyl (C=O) groups excluding carboxylic acids is 1. The molecule has 5 nitrogen and oxygen atoms in total. The normalized spacial score (nSPS) is 11.3. The van der Waals surface area contributed by atoms with E-state index in [9.17, 15) is 4.79 Å². The predicted molar refractivity (Wildman–Crippen MR) is 105 cm³/mol. The van der Waals surface area contributed by atoms with Crippen molar-refractivity contribution in [2.75, 3.05) is 7.11 Å². The molecular weight excluding hydrogens is 340 g/mol. The molecule has 0 radical (unpaired) electrons. The van der Waals surface area contributed by atoms with E-state index in [1.54, 1.807) is 7.11 Å². The van der Waals surface area contributed by atoms with Crippen molar-refractivity contribution >= 4 is 5.91 Å². The van der Waals surface area contributed by atoms with Crippen LogP contribution in [0.15, 0.2) is 59.1 Å². The smallest absolute Gasteiger partial charge is 0.251 e. The summed E-state index contributed by atoms with van der Waals surface area (Å²) < 4.78 is 10.5. The van der Waals surface area contributed by atoms with E-state index in [1.807, 2.05) is 54.6 Å². The summed E-state index contributed by atoms with van der Waals surface area (Å²) in [5.74, 6) is 1.30. The summed E-state index contributed by atoms with van der Waals surface area (Å²) in [7, 11) is 1.63. The molecule has 0 saturated heterocycles. The second kappa shape index (κ2) is 7.66. The van der Waals surface area contributed by atoms with Crippen LogP contribution in [0, 0.1) is 0 Å². The lowest BCUT2D eigenvalue weighted by molar-refractivity contribution is 0.0950. The fourth-order valence-electron chi connectivity index (χ4n) is 2.68. The molecule has 0 atom stereocenters. The van der Waals surface area contributed by atoms with E-state index >= 15 is 0 Å². The minimum Gasteiger partial charge on any atom is -0.497 e. The molecular formula is C22H24N2O3. The predicted octanol–water partition coefficient (Wildman–Crippen LogP) is 4.58. The zero-order chi connectivity index (χ0) is 19.4. The monoisotopic (exact) mass is 364 g/mol. The summed E-state index contributed by atoms with van der Waals surface area (Å²) >= 11 is 0. The Labute approximate surface area is 159 Å². The van der Waals surface area contributed by atoms with Crippen LogP contribution < -0.4 is 10.1 Å². The number of methoxy groups -OCH3 is 1. The fraction of sp³-hybridized carbons (Fsp3) is 0.273. The molecule has 1 amide bonds. The summed E-state index contributed by atoms with van der Waals surface area (Å²) in [6.07, 6.45) is 0. The molecule has 3 aromatic rings. The average molecular weight is 364 g/mol. The van der Waals surface area contributed by atoms with Crippen molar-refractivity contribution in [3.8, 4) is 17.1 Å². The third-order valence-corrected chi connectivity index (χ3v) is 4.38. The van der Waals surface area contributed by atoms with Gasteiger partial charge in [0.1, 0.15) is 11.4 Å². The first-order chi connectivity index (χ1) is 12.9. The molecule has 0 spiro atoms. The Morgan fingerprint density at radius 1 is 1.07 bits per heavy atom. The SMILES string of the molecule is COc1ccc(-c2cc(CNC(=O)c3ccc(C(C)(C)C)cc3)no2)cc1. The first kappa shape index (κ1) is 18.7. The molecule has 27 heavy (non-hydrogen) atoms. The van der Waals surface area contributed by atoms with E-state index < -0.39 is 0 Å². The Kier molecular flexibility index (Phi) is 5.31. The number of carbonyl (C=O) groups is 1. The molecule has 5 heteroatoms. The third-order valence-electron chi connectivity index (χ3n) is 4.38. The quantitative estimate of drug-likeness (QED) is 0.720. The van der Waals surface area contributed by atoms with Gasteiger partial charge >= 0.3 is 0 Å². The molecule has 0 fully saturated rings. The lowest BCUT2D eigenvalue weighted by Gasteiger charge is -2.19. The fourth-order valence-corrected chi connectivity index (χ4v) is 2.68. The van der Waals surface area contributed by atoms with Gasteiger partial charge in [-0.05, 0) is 47.4 Å². The van der Waals surface area contributed by atoms with Gasteiger partial charge in [0.25, 0.3) is 5.91 Å². The largest absolute Gasteiger partial charge is 0.497 e. The van der Waals surface area contributed by atoms with Crippen LogP contribution in [0.5, 0.6) is 5.75 Å². The van der Waals surface area contributed by atoms with Crippen molar-refractivity contribution in [2.45, 2.75) is 32.7 Å². The molecule has 1 aromatic heterocycles. The van der Waals surface area contributed by atoms with Crippen LogP contribution in [0.3, 0.4) is 0 Å². The van der Waals surface area contributed by atoms with Crippen molar-refractivity contribution in [3.05, 3.63) is 71.4 Å². The lowest BCUT2D eigenvalue weighted by atomic mass is 9.87. The Hall–Kier alpha value is -3.08. The van der Waals surface area contributed by atoms with Gasteiger partial charge in [-0.3, -0.25) is 4.79 Å². The number of hydrogen-bond acceptors (Lipinski definition) is 4. The number of benzene rings is 2. The molecule has 0 unspecified atom stereocenters. The van der Waals surface area contributed by atoms with Crippen LogP contribution in [0.1, 0.15) is 42.4 Å². The third kappa shape index (κ3) is 4.56. The van der Waals surface area contributed by atoms with Gasteiger partial charge in [0.15, 0.2) is 5.76 Å². The zero-order valence-corrected chi connectivity index (χ0v) is 16.1. The summed E-state index contributed by atoms with van der Waals surface area (Å²) in [4.78, 5) is 12.3.